The van der Waals surface area contributed by atoms with Crippen LogP contribution in [0.15, 0.2) is 30.8 Å². The average molecular weight is 255 g/mol. The number of benzene rings is 1. The summed E-state index contributed by atoms with van der Waals surface area (Å²) in [5.74, 6) is -1.38. The van der Waals surface area contributed by atoms with Crippen molar-refractivity contribution in [2.24, 2.45) is 0 Å². The zero-order valence-electron chi connectivity index (χ0n) is 8.96. The third-order valence-electron chi connectivity index (χ3n) is 1.95. The van der Waals surface area contributed by atoms with Gasteiger partial charge in [-0.3, -0.25) is 0 Å². The van der Waals surface area contributed by atoms with E-state index in [1.165, 1.54) is 12.1 Å². The fourth-order valence-corrected chi connectivity index (χ4v) is 1.36. The lowest BCUT2D eigenvalue weighted by atomic mass is 10.1. The van der Waals surface area contributed by atoms with Gasteiger partial charge in [-0.1, -0.05) is 24.8 Å². The Bertz CT molecular complexity index is 501. The molecule has 0 saturated heterocycles. The van der Waals surface area contributed by atoms with Gasteiger partial charge in [-0.05, 0) is 17.7 Å². The first-order valence-electron chi connectivity index (χ1n) is 4.75. The van der Waals surface area contributed by atoms with Crippen molar-refractivity contribution in [3.63, 3.8) is 0 Å². The molecule has 0 bridgehead atoms. The highest BCUT2D eigenvalue weighted by atomic mass is 32.2. The minimum atomic E-state index is -4.35. The average Bonchev–Trinajstić information content (AvgIpc) is 2.27. The maximum Gasteiger partial charge on any atom is 0.338 e. The Morgan fingerprint density at radius 1 is 1.35 bits per heavy atom. The van der Waals surface area contributed by atoms with Crippen LogP contribution in [0.4, 0.5) is 0 Å². The lowest BCUT2D eigenvalue weighted by molar-refractivity contribution is 0.0528. The maximum absolute atomic E-state index is 11.4. The molecule has 0 radical (unpaired) electrons. The first kappa shape index (κ1) is 13.4. The lowest BCUT2D eigenvalue weighted by Crippen LogP contribution is -2.14. The number of hydrogen-bond acceptors (Lipinski definition) is 5. The van der Waals surface area contributed by atoms with Crippen molar-refractivity contribution in [2.75, 3.05) is 12.4 Å². The number of hydrogen-bond donors (Lipinski definition) is 0. The molecule has 0 aliphatic carbocycles. The van der Waals surface area contributed by atoms with E-state index in [4.69, 9.17) is 0 Å². The van der Waals surface area contributed by atoms with E-state index in [2.05, 4.69) is 11.3 Å². The fraction of sp³-hybridized carbons (Fsp3) is 0.182. The maximum atomic E-state index is 11.4. The van der Waals surface area contributed by atoms with Gasteiger partial charge in [0.1, 0.15) is 6.61 Å². The quantitative estimate of drug-likeness (QED) is 0.579. The largest absolute Gasteiger partial charge is 0.748 e. The van der Waals surface area contributed by atoms with Crippen LogP contribution in [0.25, 0.3) is 6.08 Å². The topological polar surface area (TPSA) is 83.5 Å². The number of ether oxygens (including phenoxy) is 1. The molecule has 0 aromatic heterocycles. The highest BCUT2D eigenvalue weighted by Crippen LogP contribution is 2.06. The van der Waals surface area contributed by atoms with Crippen molar-refractivity contribution in [1.82, 2.24) is 0 Å². The van der Waals surface area contributed by atoms with E-state index in [1.807, 2.05) is 0 Å². The Labute approximate surface area is 99.5 Å². The Balaban J connectivity index is 2.55. The van der Waals surface area contributed by atoms with Gasteiger partial charge in [-0.15, -0.1) is 0 Å². The van der Waals surface area contributed by atoms with Gasteiger partial charge in [-0.2, -0.15) is 0 Å². The minimum Gasteiger partial charge on any atom is -0.748 e. The van der Waals surface area contributed by atoms with Crippen LogP contribution in [0.5, 0.6) is 0 Å². The van der Waals surface area contributed by atoms with Crippen molar-refractivity contribution < 1.29 is 22.5 Å². The summed E-state index contributed by atoms with van der Waals surface area (Å²) in [6.45, 7) is 3.13. The van der Waals surface area contributed by atoms with E-state index in [0.29, 0.717) is 5.56 Å². The smallest absolute Gasteiger partial charge is 0.338 e. The Hall–Kier alpha value is -1.66. The SMILES string of the molecule is C=Cc1ccc(C(=O)OCCS(=O)(=O)[O-])cc1. The first-order chi connectivity index (χ1) is 7.92. The van der Waals surface area contributed by atoms with E-state index in [0.717, 1.165) is 5.56 Å². The van der Waals surface area contributed by atoms with E-state index < -0.39 is 28.4 Å². The summed E-state index contributed by atoms with van der Waals surface area (Å²) in [4.78, 5) is 11.4. The molecule has 0 saturated carbocycles. The highest BCUT2D eigenvalue weighted by molar-refractivity contribution is 7.85. The summed E-state index contributed by atoms with van der Waals surface area (Å²) >= 11 is 0. The molecular weight excluding hydrogens is 244 g/mol. The predicted octanol–water partition coefficient (Wildman–Crippen LogP) is 1.03. The van der Waals surface area contributed by atoms with Crippen LogP contribution in [0.1, 0.15) is 15.9 Å². The number of carbonyl (C=O) groups is 1. The van der Waals surface area contributed by atoms with Crippen LogP contribution >= 0.6 is 0 Å². The van der Waals surface area contributed by atoms with E-state index in [1.54, 1.807) is 18.2 Å². The van der Waals surface area contributed by atoms with Gasteiger partial charge in [0.2, 0.25) is 0 Å². The van der Waals surface area contributed by atoms with Gasteiger partial charge >= 0.3 is 5.97 Å². The van der Waals surface area contributed by atoms with Crippen molar-refractivity contribution in [2.45, 2.75) is 0 Å². The molecule has 0 atom stereocenters. The predicted molar refractivity (Wildman–Crippen MR) is 61.4 cm³/mol. The molecule has 0 spiro atoms. The molecule has 0 fully saturated rings. The number of esters is 1. The van der Waals surface area contributed by atoms with E-state index in [9.17, 15) is 17.8 Å². The van der Waals surface area contributed by atoms with Crippen LogP contribution in [-0.4, -0.2) is 31.3 Å². The molecule has 92 valence electrons. The molecule has 0 aliphatic heterocycles. The molecule has 6 heteroatoms. The van der Waals surface area contributed by atoms with Gasteiger partial charge in [0, 0.05) is 0 Å². The van der Waals surface area contributed by atoms with Gasteiger partial charge in [0.25, 0.3) is 0 Å². The Kier molecular flexibility index (Phi) is 4.42. The molecule has 0 N–H and O–H groups in total. The third kappa shape index (κ3) is 4.80. The number of rotatable bonds is 5. The zero-order valence-corrected chi connectivity index (χ0v) is 9.77. The van der Waals surface area contributed by atoms with Gasteiger partial charge in [0.15, 0.2) is 0 Å². The van der Waals surface area contributed by atoms with Crippen LogP contribution in [-0.2, 0) is 14.9 Å². The highest BCUT2D eigenvalue weighted by Gasteiger charge is 2.07. The van der Waals surface area contributed by atoms with Crippen LogP contribution in [0.3, 0.4) is 0 Å². The summed E-state index contributed by atoms with van der Waals surface area (Å²) in [6, 6.07) is 6.41. The Morgan fingerprint density at radius 3 is 2.41 bits per heavy atom. The molecule has 5 nitrogen and oxygen atoms in total. The molecule has 0 heterocycles. The molecule has 17 heavy (non-hydrogen) atoms. The van der Waals surface area contributed by atoms with Crippen LogP contribution in [0.2, 0.25) is 0 Å². The minimum absolute atomic E-state index is 0.291. The molecule has 1 aromatic carbocycles. The van der Waals surface area contributed by atoms with Gasteiger partial charge in [0.05, 0.1) is 21.4 Å². The fourth-order valence-electron chi connectivity index (χ4n) is 1.08. The van der Waals surface area contributed by atoms with Crippen molar-refractivity contribution in [3.8, 4) is 0 Å². The molecular formula is C11H11O5S-. The zero-order chi connectivity index (χ0) is 12.9. The first-order valence-corrected chi connectivity index (χ1v) is 6.33. The summed E-state index contributed by atoms with van der Waals surface area (Å²) < 4.78 is 35.5. The Morgan fingerprint density at radius 2 is 1.94 bits per heavy atom. The lowest BCUT2D eigenvalue weighted by Gasteiger charge is -2.07. The third-order valence-corrected chi connectivity index (χ3v) is 2.62. The van der Waals surface area contributed by atoms with Crippen molar-refractivity contribution in [3.05, 3.63) is 42.0 Å². The summed E-state index contributed by atoms with van der Waals surface area (Å²) in [5, 5.41) is 0. The van der Waals surface area contributed by atoms with Crippen molar-refractivity contribution >= 4 is 22.2 Å². The van der Waals surface area contributed by atoms with E-state index in [-0.39, 0.29) is 0 Å². The normalized spacial score (nSPS) is 10.9. The van der Waals surface area contributed by atoms with Gasteiger partial charge < -0.3 is 9.29 Å². The van der Waals surface area contributed by atoms with E-state index >= 15 is 0 Å². The molecule has 1 aromatic rings. The summed E-state index contributed by atoms with van der Waals surface area (Å²) in [5.41, 5.74) is 1.14. The second-order valence-corrected chi connectivity index (χ2v) is 4.75. The summed E-state index contributed by atoms with van der Waals surface area (Å²) in [6.07, 6.45) is 1.62. The second kappa shape index (κ2) is 5.60. The van der Waals surface area contributed by atoms with Gasteiger partial charge in [-0.25, -0.2) is 13.2 Å². The molecule has 1 rings (SSSR count). The molecule has 0 amide bonds. The van der Waals surface area contributed by atoms with Crippen LogP contribution in [0, 0.1) is 0 Å². The summed E-state index contributed by atoms with van der Waals surface area (Å²) in [7, 11) is -4.35. The van der Waals surface area contributed by atoms with Crippen molar-refractivity contribution in [1.29, 1.82) is 0 Å². The standard InChI is InChI=1S/C11H12O5S/c1-2-9-3-5-10(6-4-9)11(12)16-7-8-17(13,14)15/h2-6H,1,7-8H2,(H,13,14,15)/p-1. The monoisotopic (exact) mass is 255 g/mol. The number of carbonyl (C=O) groups excluding carboxylic acids is 1. The molecule has 0 unspecified atom stereocenters. The molecule has 0 aliphatic rings. The van der Waals surface area contributed by atoms with Crippen LogP contribution < -0.4 is 0 Å². The second-order valence-electron chi connectivity index (χ2n) is 3.22.